The first-order valence-corrected chi connectivity index (χ1v) is 6.88. The molecule has 0 heterocycles. The van der Waals surface area contributed by atoms with E-state index < -0.39 is 0 Å². The predicted octanol–water partition coefficient (Wildman–Crippen LogP) is 2.52. The second kappa shape index (κ2) is 5.94. The lowest BCUT2D eigenvalue weighted by Gasteiger charge is -2.09. The van der Waals surface area contributed by atoms with E-state index in [-0.39, 0.29) is 20.1 Å². The summed E-state index contributed by atoms with van der Waals surface area (Å²) in [6.45, 7) is 1.98. The minimum Gasteiger partial charge on any atom is -0.507 e. The van der Waals surface area contributed by atoms with Crippen molar-refractivity contribution in [1.82, 2.24) is 0 Å². The van der Waals surface area contributed by atoms with E-state index in [2.05, 4.69) is 4.99 Å². The lowest BCUT2D eigenvalue weighted by molar-refractivity contribution is 0.479. The molecule has 2 nitrogen and oxygen atoms in total. The SMILES string of the molecule is C/N=C/c1cc(F)ccc1Pc1cc(C)ccc1O. The lowest BCUT2D eigenvalue weighted by Crippen LogP contribution is -2.10. The van der Waals surface area contributed by atoms with Crippen molar-refractivity contribution in [2.45, 2.75) is 6.92 Å². The topological polar surface area (TPSA) is 32.6 Å². The van der Waals surface area contributed by atoms with Crippen molar-refractivity contribution < 1.29 is 9.50 Å². The van der Waals surface area contributed by atoms with Gasteiger partial charge in [0.1, 0.15) is 11.6 Å². The maximum absolute atomic E-state index is 13.2. The molecular weight excluding hydrogens is 260 g/mol. The Labute approximate surface area is 113 Å². The van der Waals surface area contributed by atoms with Crippen LogP contribution in [0.3, 0.4) is 0 Å². The van der Waals surface area contributed by atoms with E-state index in [0.29, 0.717) is 0 Å². The molecule has 0 bridgehead atoms. The monoisotopic (exact) mass is 275 g/mol. The second-order valence-corrected chi connectivity index (χ2v) is 5.59. The molecule has 2 aromatic rings. The molecule has 0 amide bonds. The maximum Gasteiger partial charge on any atom is 0.123 e. The minimum absolute atomic E-state index is 0.269. The molecule has 1 unspecified atom stereocenters. The highest BCUT2D eigenvalue weighted by atomic mass is 31.1. The molecule has 2 rings (SSSR count). The number of hydrogen-bond acceptors (Lipinski definition) is 2. The molecule has 19 heavy (non-hydrogen) atoms. The van der Waals surface area contributed by atoms with E-state index >= 15 is 0 Å². The molecule has 4 heteroatoms. The van der Waals surface area contributed by atoms with Gasteiger partial charge in [-0.1, -0.05) is 26.3 Å². The highest BCUT2D eigenvalue weighted by Gasteiger charge is 2.07. The Kier molecular flexibility index (Phi) is 4.28. The third-order valence-electron chi connectivity index (χ3n) is 2.70. The van der Waals surface area contributed by atoms with Gasteiger partial charge in [-0.3, -0.25) is 4.99 Å². The van der Waals surface area contributed by atoms with E-state index in [4.69, 9.17) is 0 Å². The molecular formula is C15H15FNOP. The zero-order valence-corrected chi connectivity index (χ0v) is 11.8. The molecule has 0 radical (unpaired) electrons. The quantitative estimate of drug-likeness (QED) is 0.677. The van der Waals surface area contributed by atoms with Crippen LogP contribution in [0.4, 0.5) is 4.39 Å². The number of nitrogens with zero attached hydrogens (tertiary/aromatic N) is 1. The zero-order chi connectivity index (χ0) is 13.8. The molecule has 0 fully saturated rings. The van der Waals surface area contributed by atoms with Crippen molar-refractivity contribution in [1.29, 1.82) is 0 Å². The first kappa shape index (κ1) is 13.7. The van der Waals surface area contributed by atoms with Crippen LogP contribution in [0.1, 0.15) is 11.1 Å². The average molecular weight is 275 g/mol. The van der Waals surface area contributed by atoms with Gasteiger partial charge in [-0.25, -0.2) is 4.39 Å². The Morgan fingerprint density at radius 1 is 1.16 bits per heavy atom. The van der Waals surface area contributed by atoms with Crippen LogP contribution in [0.5, 0.6) is 5.75 Å². The molecule has 0 spiro atoms. The van der Waals surface area contributed by atoms with Crippen molar-refractivity contribution in [2.75, 3.05) is 7.05 Å². The number of benzene rings is 2. The van der Waals surface area contributed by atoms with Crippen molar-refractivity contribution >= 4 is 25.4 Å². The minimum atomic E-state index is -0.281. The van der Waals surface area contributed by atoms with Crippen LogP contribution in [0.15, 0.2) is 41.4 Å². The number of halogens is 1. The summed E-state index contributed by atoms with van der Waals surface area (Å²) in [5.41, 5.74) is 1.84. The molecule has 0 saturated heterocycles. The maximum atomic E-state index is 13.2. The van der Waals surface area contributed by atoms with E-state index in [1.165, 1.54) is 12.1 Å². The third-order valence-corrected chi connectivity index (χ3v) is 4.10. The standard InChI is InChI=1S/C15H15FNOP/c1-10-3-5-13(18)15(7-10)19-14-6-4-12(16)8-11(14)9-17-2/h3-9,18-19H,1-2H3/b17-9+. The van der Waals surface area contributed by atoms with Crippen molar-refractivity contribution in [3.8, 4) is 5.75 Å². The van der Waals surface area contributed by atoms with Crippen LogP contribution in [-0.2, 0) is 0 Å². The van der Waals surface area contributed by atoms with Crippen LogP contribution in [0.2, 0.25) is 0 Å². The number of aryl methyl sites for hydroxylation is 1. The van der Waals surface area contributed by atoms with Gasteiger partial charge in [0.2, 0.25) is 0 Å². The molecule has 0 aliphatic carbocycles. The Morgan fingerprint density at radius 2 is 1.95 bits per heavy atom. The molecule has 98 valence electrons. The number of phenolic OH excluding ortho intramolecular Hbond substituents is 1. The summed E-state index contributed by atoms with van der Waals surface area (Å²) >= 11 is 0. The van der Waals surface area contributed by atoms with Gasteiger partial charge in [-0.05, 0) is 36.5 Å². The van der Waals surface area contributed by atoms with Crippen LogP contribution >= 0.6 is 8.58 Å². The molecule has 2 aromatic carbocycles. The molecule has 0 aliphatic rings. The third kappa shape index (κ3) is 3.39. The second-order valence-electron chi connectivity index (χ2n) is 4.26. The highest BCUT2D eigenvalue weighted by Crippen LogP contribution is 2.21. The van der Waals surface area contributed by atoms with Gasteiger partial charge in [0.25, 0.3) is 0 Å². The Bertz CT molecular complexity index is 626. The first-order chi connectivity index (χ1) is 9.10. The summed E-state index contributed by atoms with van der Waals surface area (Å²) in [6, 6.07) is 10.1. The van der Waals surface area contributed by atoms with E-state index in [1.807, 2.05) is 19.1 Å². The number of hydrogen-bond donors (Lipinski definition) is 1. The van der Waals surface area contributed by atoms with Crippen molar-refractivity contribution in [2.24, 2.45) is 4.99 Å². The van der Waals surface area contributed by atoms with Crippen LogP contribution in [0.25, 0.3) is 0 Å². The largest absolute Gasteiger partial charge is 0.507 e. The summed E-state index contributed by atoms with van der Waals surface area (Å²) in [6.07, 6.45) is 1.64. The van der Waals surface area contributed by atoms with Gasteiger partial charge in [0.15, 0.2) is 0 Å². The number of aromatic hydroxyl groups is 1. The number of phenols is 1. The van der Waals surface area contributed by atoms with Crippen molar-refractivity contribution in [3.05, 3.63) is 53.3 Å². The fourth-order valence-corrected chi connectivity index (χ4v) is 3.04. The number of aliphatic imine (C=N–C) groups is 1. The summed E-state index contributed by atoms with van der Waals surface area (Å²) in [7, 11) is 1.92. The average Bonchev–Trinajstić information content (AvgIpc) is 2.37. The van der Waals surface area contributed by atoms with E-state index in [9.17, 15) is 9.50 Å². The predicted molar refractivity (Wildman–Crippen MR) is 80.3 cm³/mol. The van der Waals surface area contributed by atoms with Crippen molar-refractivity contribution in [3.63, 3.8) is 0 Å². The van der Waals surface area contributed by atoms with Gasteiger partial charge in [-0.15, -0.1) is 0 Å². The molecule has 1 atom stereocenters. The fourth-order valence-electron chi connectivity index (χ4n) is 1.79. The normalized spacial score (nSPS) is 11.7. The summed E-state index contributed by atoms with van der Waals surface area (Å²) in [5.74, 6) is -0.00967. The summed E-state index contributed by atoms with van der Waals surface area (Å²) in [5, 5.41) is 11.7. The fraction of sp³-hybridized carbons (Fsp3) is 0.133. The lowest BCUT2D eigenvalue weighted by atomic mass is 10.2. The van der Waals surface area contributed by atoms with Gasteiger partial charge < -0.3 is 5.11 Å². The smallest absolute Gasteiger partial charge is 0.123 e. The summed E-state index contributed by atoms with van der Waals surface area (Å²) < 4.78 is 13.2. The number of rotatable bonds is 3. The van der Waals surface area contributed by atoms with Crippen LogP contribution < -0.4 is 10.6 Å². The van der Waals surface area contributed by atoms with E-state index in [0.717, 1.165) is 21.7 Å². The van der Waals surface area contributed by atoms with Crippen LogP contribution in [-0.4, -0.2) is 18.4 Å². The van der Waals surface area contributed by atoms with E-state index in [1.54, 1.807) is 25.4 Å². The van der Waals surface area contributed by atoms with Gasteiger partial charge >= 0.3 is 0 Å². The molecule has 0 saturated carbocycles. The first-order valence-electron chi connectivity index (χ1n) is 5.88. The summed E-state index contributed by atoms with van der Waals surface area (Å²) in [4.78, 5) is 3.94. The van der Waals surface area contributed by atoms with Gasteiger partial charge in [-0.2, -0.15) is 0 Å². The van der Waals surface area contributed by atoms with Gasteiger partial charge in [0, 0.05) is 24.1 Å². The zero-order valence-electron chi connectivity index (χ0n) is 10.8. The molecule has 0 aliphatic heterocycles. The Hall–Kier alpha value is -1.73. The Morgan fingerprint density at radius 3 is 2.68 bits per heavy atom. The van der Waals surface area contributed by atoms with Crippen LogP contribution in [0, 0.1) is 12.7 Å². The Balaban J connectivity index is 2.40. The molecule has 1 N–H and O–H groups in total. The van der Waals surface area contributed by atoms with Gasteiger partial charge in [0.05, 0.1) is 0 Å². The molecule has 0 aromatic heterocycles. The highest BCUT2D eigenvalue weighted by molar-refractivity contribution is 7.56.